The zero-order valence-electron chi connectivity index (χ0n) is 15.3. The second-order valence-electron chi connectivity index (χ2n) is 6.84. The number of sulfonamides is 1. The Kier molecular flexibility index (Phi) is 5.83. The Bertz CT molecular complexity index is 800. The molecule has 0 N–H and O–H groups in total. The molecule has 4 nitrogen and oxygen atoms in total. The molecule has 0 fully saturated rings. The largest absolute Gasteiger partial charge is 0.265 e. The predicted octanol–water partition coefficient (Wildman–Crippen LogP) is 4.58. The normalized spacial score (nSPS) is 13.3. The third-order valence-electron chi connectivity index (χ3n) is 4.37. The highest BCUT2D eigenvalue weighted by Crippen LogP contribution is 2.28. The van der Waals surface area contributed by atoms with E-state index in [0.717, 1.165) is 17.7 Å². The average molecular weight is 364 g/mol. The Labute approximate surface area is 149 Å². The number of anilines is 1. The first-order valence-corrected chi connectivity index (χ1v) is 9.84. The average Bonchev–Trinajstić information content (AvgIpc) is 2.55. The number of nitrogens with zero attached hydrogens (tertiary/aromatic N) is 2. The van der Waals surface area contributed by atoms with Gasteiger partial charge in [0, 0.05) is 12.2 Å². The smallest absolute Gasteiger partial charge is 0.247 e. The summed E-state index contributed by atoms with van der Waals surface area (Å²) in [7, 11) is -3.84. The quantitative estimate of drug-likeness (QED) is 0.753. The molecule has 1 aromatic heterocycles. The second kappa shape index (κ2) is 7.52. The molecule has 0 aliphatic rings. The van der Waals surface area contributed by atoms with Crippen molar-refractivity contribution in [1.29, 1.82) is 0 Å². The lowest BCUT2D eigenvalue weighted by Gasteiger charge is -2.32. The van der Waals surface area contributed by atoms with E-state index in [0.29, 0.717) is 11.7 Å². The molecule has 2 rings (SSSR count). The molecule has 0 spiro atoms. The van der Waals surface area contributed by atoms with Gasteiger partial charge in [0.25, 0.3) is 10.0 Å². The molecule has 136 valence electrons. The highest BCUT2D eigenvalue weighted by molar-refractivity contribution is 7.92. The van der Waals surface area contributed by atoms with Crippen LogP contribution in [0.4, 0.5) is 10.2 Å². The monoisotopic (exact) mass is 364 g/mol. The van der Waals surface area contributed by atoms with Crippen molar-refractivity contribution in [2.24, 2.45) is 5.92 Å². The summed E-state index contributed by atoms with van der Waals surface area (Å²) in [6.45, 7) is 9.88. The van der Waals surface area contributed by atoms with Gasteiger partial charge >= 0.3 is 0 Å². The minimum atomic E-state index is -3.84. The molecule has 1 unspecified atom stereocenters. The van der Waals surface area contributed by atoms with Gasteiger partial charge in [-0.25, -0.2) is 22.1 Å². The Balaban J connectivity index is 2.54. The highest BCUT2D eigenvalue weighted by atomic mass is 32.2. The molecular weight excluding hydrogens is 339 g/mol. The van der Waals surface area contributed by atoms with Crippen LogP contribution in [0, 0.1) is 11.7 Å². The minimum absolute atomic E-state index is 0.0520. The van der Waals surface area contributed by atoms with Crippen molar-refractivity contribution in [2.75, 3.05) is 4.31 Å². The first kappa shape index (κ1) is 19.4. The van der Waals surface area contributed by atoms with Crippen molar-refractivity contribution in [1.82, 2.24) is 4.98 Å². The molecule has 6 heteroatoms. The van der Waals surface area contributed by atoms with Crippen LogP contribution >= 0.6 is 0 Å². The van der Waals surface area contributed by atoms with Gasteiger partial charge < -0.3 is 0 Å². The van der Waals surface area contributed by atoms with E-state index in [2.05, 4.69) is 18.8 Å². The summed E-state index contributed by atoms with van der Waals surface area (Å²) < 4.78 is 40.9. The van der Waals surface area contributed by atoms with E-state index in [1.54, 1.807) is 12.3 Å². The molecule has 1 aromatic carbocycles. The Morgan fingerprint density at radius 3 is 2.00 bits per heavy atom. The maximum Gasteiger partial charge on any atom is 0.265 e. The first-order valence-electron chi connectivity index (χ1n) is 8.40. The molecule has 1 heterocycles. The van der Waals surface area contributed by atoms with Crippen molar-refractivity contribution in [3.05, 3.63) is 54.0 Å². The van der Waals surface area contributed by atoms with E-state index in [4.69, 9.17) is 0 Å². The summed E-state index contributed by atoms with van der Waals surface area (Å²) in [5, 5.41) is 0. The molecular formula is C19H25FN2O2S. The third-order valence-corrected chi connectivity index (χ3v) is 6.27. The number of hydrogen-bond donors (Lipinski definition) is 0. The molecule has 25 heavy (non-hydrogen) atoms. The van der Waals surface area contributed by atoms with Gasteiger partial charge in [-0.05, 0) is 54.7 Å². The van der Waals surface area contributed by atoms with Crippen LogP contribution in [-0.4, -0.2) is 19.4 Å². The predicted molar refractivity (Wildman–Crippen MR) is 98.7 cm³/mol. The van der Waals surface area contributed by atoms with Crippen LogP contribution in [0.25, 0.3) is 0 Å². The summed E-state index contributed by atoms with van der Waals surface area (Å²) in [6.07, 6.45) is 1.71. The van der Waals surface area contributed by atoms with Gasteiger partial charge in [-0.2, -0.15) is 0 Å². The Morgan fingerprint density at radius 2 is 1.56 bits per heavy atom. The number of benzene rings is 1. The summed E-state index contributed by atoms with van der Waals surface area (Å²) in [6, 6.07) is 8.21. The second-order valence-corrected chi connectivity index (χ2v) is 8.66. The van der Waals surface area contributed by atoms with Crippen molar-refractivity contribution >= 4 is 15.8 Å². The lowest BCUT2D eigenvalue weighted by atomic mass is 10.1. The molecule has 2 aromatic rings. The fourth-order valence-electron chi connectivity index (χ4n) is 2.41. The van der Waals surface area contributed by atoms with Crippen molar-refractivity contribution in [3.63, 3.8) is 0 Å². The van der Waals surface area contributed by atoms with E-state index in [1.165, 1.54) is 16.4 Å². The van der Waals surface area contributed by atoms with Gasteiger partial charge in [-0.1, -0.05) is 33.8 Å². The van der Waals surface area contributed by atoms with E-state index in [9.17, 15) is 12.8 Å². The van der Waals surface area contributed by atoms with Crippen LogP contribution < -0.4 is 4.31 Å². The number of aromatic nitrogens is 1. The summed E-state index contributed by atoms with van der Waals surface area (Å²) in [5.41, 5.74) is 1.04. The van der Waals surface area contributed by atoms with Gasteiger partial charge in [0.2, 0.25) is 0 Å². The maximum absolute atomic E-state index is 13.2. The number of pyridine rings is 1. The van der Waals surface area contributed by atoms with Gasteiger partial charge in [-0.3, -0.25) is 0 Å². The molecule has 0 radical (unpaired) electrons. The molecule has 0 aliphatic heterocycles. The van der Waals surface area contributed by atoms with Crippen LogP contribution in [0.3, 0.4) is 0 Å². The zero-order chi connectivity index (χ0) is 18.8. The lowest BCUT2D eigenvalue weighted by Crippen LogP contribution is -2.42. The van der Waals surface area contributed by atoms with Gasteiger partial charge in [0.05, 0.1) is 4.90 Å². The summed E-state index contributed by atoms with van der Waals surface area (Å²) >= 11 is 0. The highest BCUT2D eigenvalue weighted by Gasteiger charge is 2.32. The van der Waals surface area contributed by atoms with Crippen LogP contribution in [0.1, 0.15) is 46.1 Å². The van der Waals surface area contributed by atoms with Crippen molar-refractivity contribution in [3.8, 4) is 0 Å². The SMILES string of the molecule is CC(C)c1ccc(N(C(C)C(C)C)S(=O)(=O)c2ccc(F)cc2)nc1. The summed E-state index contributed by atoms with van der Waals surface area (Å²) in [5.74, 6) is 0.296. The van der Waals surface area contributed by atoms with Crippen LogP contribution in [0.15, 0.2) is 47.5 Å². The zero-order valence-corrected chi connectivity index (χ0v) is 16.1. The van der Waals surface area contributed by atoms with E-state index in [-0.39, 0.29) is 16.9 Å². The Hall–Kier alpha value is -1.95. The van der Waals surface area contributed by atoms with Crippen LogP contribution in [0.5, 0.6) is 0 Å². The molecule has 0 saturated carbocycles. The summed E-state index contributed by atoms with van der Waals surface area (Å²) in [4.78, 5) is 4.44. The van der Waals surface area contributed by atoms with Crippen molar-refractivity contribution < 1.29 is 12.8 Å². The standard InChI is InChI=1S/C19H25FN2O2S/c1-13(2)15(5)22(19-11-6-16(12-21-19)14(3)4)25(23,24)18-9-7-17(20)8-10-18/h6-15H,1-5H3. The van der Waals surface area contributed by atoms with Crippen molar-refractivity contribution in [2.45, 2.75) is 51.5 Å². The molecule has 0 bridgehead atoms. The van der Waals surface area contributed by atoms with E-state index >= 15 is 0 Å². The van der Waals surface area contributed by atoms with E-state index in [1.807, 2.05) is 26.8 Å². The van der Waals surface area contributed by atoms with Crippen LogP contribution in [-0.2, 0) is 10.0 Å². The molecule has 0 aliphatic carbocycles. The third kappa shape index (κ3) is 4.18. The van der Waals surface area contributed by atoms with E-state index < -0.39 is 15.8 Å². The fraction of sp³-hybridized carbons (Fsp3) is 0.421. The lowest BCUT2D eigenvalue weighted by molar-refractivity contribution is 0.509. The van der Waals surface area contributed by atoms with Gasteiger partial charge in [-0.15, -0.1) is 0 Å². The minimum Gasteiger partial charge on any atom is -0.247 e. The van der Waals surface area contributed by atoms with Gasteiger partial charge in [0.1, 0.15) is 11.6 Å². The van der Waals surface area contributed by atoms with Crippen LogP contribution in [0.2, 0.25) is 0 Å². The number of halogens is 1. The molecule has 0 amide bonds. The maximum atomic E-state index is 13.2. The number of hydrogen-bond acceptors (Lipinski definition) is 3. The Morgan fingerprint density at radius 1 is 0.960 bits per heavy atom. The van der Waals surface area contributed by atoms with Gasteiger partial charge in [0.15, 0.2) is 0 Å². The fourth-order valence-corrected chi connectivity index (χ4v) is 4.15. The topological polar surface area (TPSA) is 50.3 Å². The molecule has 1 atom stereocenters. The molecule has 0 saturated heterocycles. The number of rotatable bonds is 6. The first-order chi connectivity index (χ1) is 11.6.